The number of carbonyl (C=O) groups excluding carboxylic acids is 1. The number of hydrogen-bond acceptors (Lipinski definition) is 3. The number of ether oxygens (including phenoxy) is 1. The average Bonchev–Trinajstić information content (AvgIpc) is 2.82. The maximum atomic E-state index is 12.0. The predicted octanol–water partition coefficient (Wildman–Crippen LogP) is 3.14. The third-order valence-corrected chi connectivity index (χ3v) is 2.94. The molecule has 2 aromatic heterocycles. The van der Waals surface area contributed by atoms with Gasteiger partial charge >= 0.3 is 5.97 Å². The zero-order valence-corrected chi connectivity index (χ0v) is 10.3. The quantitative estimate of drug-likeness (QED) is 0.748. The van der Waals surface area contributed by atoms with E-state index in [9.17, 15) is 13.6 Å². The molecule has 0 saturated carbocycles. The Kier molecular flexibility index (Phi) is 3.06. The molecule has 0 saturated heterocycles. The minimum absolute atomic E-state index is 0.0166. The molecule has 0 radical (unpaired) electrons. The monoisotopic (exact) mass is 276 g/mol. The Morgan fingerprint density at radius 3 is 2.85 bits per heavy atom. The lowest BCUT2D eigenvalue weighted by molar-refractivity contribution is 0.0155. The van der Waals surface area contributed by atoms with Gasteiger partial charge in [0.2, 0.25) is 0 Å². The molecule has 0 fully saturated rings. The summed E-state index contributed by atoms with van der Waals surface area (Å²) in [6, 6.07) is 9.13. The van der Waals surface area contributed by atoms with E-state index in [1.807, 2.05) is 24.3 Å². The second kappa shape index (κ2) is 4.88. The highest BCUT2D eigenvalue weighted by Crippen LogP contribution is 2.25. The van der Waals surface area contributed by atoms with Gasteiger partial charge in [-0.25, -0.2) is 18.6 Å². The number of alkyl halides is 2. The van der Waals surface area contributed by atoms with Crippen molar-refractivity contribution >= 4 is 27.8 Å². The fourth-order valence-electron chi connectivity index (χ4n) is 2.07. The lowest BCUT2D eigenvalue weighted by atomic mass is 10.1. The van der Waals surface area contributed by atoms with Gasteiger partial charge in [0.25, 0.3) is 6.43 Å². The van der Waals surface area contributed by atoms with Gasteiger partial charge in [0, 0.05) is 16.3 Å². The fourth-order valence-corrected chi connectivity index (χ4v) is 2.07. The molecule has 3 aromatic rings. The van der Waals surface area contributed by atoms with Crippen LogP contribution in [0.3, 0.4) is 0 Å². The molecule has 1 N–H and O–H groups in total. The second-order valence-electron chi connectivity index (χ2n) is 4.28. The van der Waals surface area contributed by atoms with E-state index >= 15 is 0 Å². The van der Waals surface area contributed by atoms with Gasteiger partial charge in [-0.2, -0.15) is 0 Å². The van der Waals surface area contributed by atoms with E-state index in [-0.39, 0.29) is 5.69 Å². The Hall–Kier alpha value is -2.50. The van der Waals surface area contributed by atoms with Crippen molar-refractivity contribution in [2.75, 3.05) is 6.61 Å². The molecule has 2 heterocycles. The highest BCUT2D eigenvalue weighted by atomic mass is 19.3. The molecule has 0 aliphatic heterocycles. The molecule has 0 atom stereocenters. The first-order valence-corrected chi connectivity index (χ1v) is 5.97. The number of halogens is 2. The van der Waals surface area contributed by atoms with Crippen molar-refractivity contribution < 1.29 is 18.3 Å². The molecule has 1 aromatic carbocycles. The van der Waals surface area contributed by atoms with Gasteiger partial charge in [0.1, 0.15) is 5.69 Å². The summed E-state index contributed by atoms with van der Waals surface area (Å²) < 4.78 is 28.5. The molecule has 0 spiro atoms. The Labute approximate surface area is 112 Å². The van der Waals surface area contributed by atoms with Crippen molar-refractivity contribution in [3.8, 4) is 0 Å². The number of esters is 1. The van der Waals surface area contributed by atoms with Gasteiger partial charge in [-0.05, 0) is 12.1 Å². The number of rotatable bonds is 3. The van der Waals surface area contributed by atoms with Crippen molar-refractivity contribution in [3.05, 3.63) is 42.2 Å². The Balaban J connectivity index is 2.01. The number of para-hydroxylation sites is 1. The molecule has 0 aliphatic rings. The van der Waals surface area contributed by atoms with Crippen molar-refractivity contribution in [3.63, 3.8) is 0 Å². The highest BCUT2D eigenvalue weighted by molar-refractivity contribution is 6.08. The van der Waals surface area contributed by atoms with E-state index < -0.39 is 19.0 Å². The molecule has 0 aliphatic carbocycles. The molecule has 0 unspecified atom stereocenters. The first-order valence-electron chi connectivity index (χ1n) is 5.97. The van der Waals surface area contributed by atoms with Gasteiger partial charge in [0.05, 0.1) is 11.7 Å². The number of aromatic nitrogens is 2. The summed E-state index contributed by atoms with van der Waals surface area (Å²) in [5, 5.41) is 1.74. The molecule has 0 amide bonds. The van der Waals surface area contributed by atoms with E-state index in [0.29, 0.717) is 0 Å². The summed E-state index contributed by atoms with van der Waals surface area (Å²) in [6.45, 7) is -0.924. The van der Waals surface area contributed by atoms with E-state index in [1.165, 1.54) is 6.20 Å². The molecule has 20 heavy (non-hydrogen) atoms. The van der Waals surface area contributed by atoms with Gasteiger partial charge in [-0.3, -0.25) is 0 Å². The summed E-state index contributed by atoms with van der Waals surface area (Å²) in [5.74, 6) is -0.850. The standard InChI is InChI=1S/C14H10F2N2O2/c15-13(16)7-20-14(19)11-5-9-8-3-1-2-4-10(8)18-12(9)6-17-11/h1-6,13,18H,7H2. The number of aromatic amines is 1. The first kappa shape index (κ1) is 12.5. The van der Waals surface area contributed by atoms with Crippen LogP contribution in [0.4, 0.5) is 8.78 Å². The van der Waals surface area contributed by atoms with Crippen LogP contribution >= 0.6 is 0 Å². The molecular weight excluding hydrogens is 266 g/mol. The normalized spacial score (nSPS) is 11.3. The van der Waals surface area contributed by atoms with Crippen LogP contribution < -0.4 is 0 Å². The molecule has 102 valence electrons. The van der Waals surface area contributed by atoms with Crippen molar-refractivity contribution in [1.82, 2.24) is 9.97 Å². The smallest absolute Gasteiger partial charge is 0.357 e. The summed E-state index contributed by atoms with van der Waals surface area (Å²) in [4.78, 5) is 18.7. The van der Waals surface area contributed by atoms with E-state index in [4.69, 9.17) is 0 Å². The van der Waals surface area contributed by atoms with E-state index in [2.05, 4.69) is 14.7 Å². The van der Waals surface area contributed by atoms with Gasteiger partial charge in [0.15, 0.2) is 6.61 Å². The number of carbonyl (C=O) groups is 1. The number of nitrogens with one attached hydrogen (secondary N) is 1. The topological polar surface area (TPSA) is 55.0 Å². The Morgan fingerprint density at radius 1 is 1.25 bits per heavy atom. The zero-order valence-electron chi connectivity index (χ0n) is 10.3. The Morgan fingerprint density at radius 2 is 2.05 bits per heavy atom. The van der Waals surface area contributed by atoms with Crippen molar-refractivity contribution in [1.29, 1.82) is 0 Å². The number of pyridine rings is 1. The molecule has 6 heteroatoms. The van der Waals surface area contributed by atoms with Crippen LogP contribution in [0.2, 0.25) is 0 Å². The third kappa shape index (κ3) is 2.20. The lowest BCUT2D eigenvalue weighted by Crippen LogP contribution is -2.12. The van der Waals surface area contributed by atoms with Crippen LogP contribution in [0.25, 0.3) is 21.8 Å². The number of nitrogens with zero attached hydrogens (tertiary/aromatic N) is 1. The summed E-state index contributed by atoms with van der Waals surface area (Å²) >= 11 is 0. The largest absolute Gasteiger partial charge is 0.455 e. The first-order chi connectivity index (χ1) is 9.65. The van der Waals surface area contributed by atoms with E-state index in [0.717, 1.165) is 21.8 Å². The third-order valence-electron chi connectivity index (χ3n) is 2.94. The SMILES string of the molecule is O=C(OCC(F)F)c1cc2c(cn1)[nH]c1ccccc12. The van der Waals surface area contributed by atoms with Crippen molar-refractivity contribution in [2.24, 2.45) is 0 Å². The van der Waals surface area contributed by atoms with Gasteiger partial charge in [-0.1, -0.05) is 18.2 Å². The van der Waals surface area contributed by atoms with Crippen LogP contribution in [-0.4, -0.2) is 29.0 Å². The molecule has 4 nitrogen and oxygen atoms in total. The highest BCUT2D eigenvalue weighted by Gasteiger charge is 2.14. The average molecular weight is 276 g/mol. The minimum atomic E-state index is -2.68. The lowest BCUT2D eigenvalue weighted by Gasteiger charge is -2.03. The second-order valence-corrected chi connectivity index (χ2v) is 4.28. The van der Waals surface area contributed by atoms with E-state index in [1.54, 1.807) is 6.07 Å². The zero-order chi connectivity index (χ0) is 14.1. The summed E-state index contributed by atoms with van der Waals surface area (Å²) in [5.41, 5.74) is 1.71. The van der Waals surface area contributed by atoms with Crippen molar-refractivity contribution in [2.45, 2.75) is 6.43 Å². The maximum Gasteiger partial charge on any atom is 0.357 e. The van der Waals surface area contributed by atoms with Gasteiger partial charge < -0.3 is 9.72 Å². The maximum absolute atomic E-state index is 12.0. The van der Waals surface area contributed by atoms with Crippen LogP contribution in [0.15, 0.2) is 36.5 Å². The number of benzene rings is 1. The fraction of sp³-hybridized carbons (Fsp3) is 0.143. The molecule has 3 rings (SSSR count). The van der Waals surface area contributed by atoms with Gasteiger partial charge in [-0.15, -0.1) is 0 Å². The molecular formula is C14H10F2N2O2. The predicted molar refractivity (Wildman–Crippen MR) is 69.9 cm³/mol. The number of fused-ring (bicyclic) bond motifs is 3. The summed E-state index contributed by atoms with van der Waals surface area (Å²) in [7, 11) is 0. The molecule has 0 bridgehead atoms. The van der Waals surface area contributed by atoms with Crippen LogP contribution in [0.1, 0.15) is 10.5 Å². The van der Waals surface area contributed by atoms with Crippen LogP contribution in [0, 0.1) is 0 Å². The number of hydrogen-bond donors (Lipinski definition) is 1. The van der Waals surface area contributed by atoms with Crippen LogP contribution in [0.5, 0.6) is 0 Å². The Bertz CT molecular complexity index is 783. The number of H-pyrrole nitrogens is 1. The summed E-state index contributed by atoms with van der Waals surface area (Å²) in [6.07, 6.45) is -1.19. The minimum Gasteiger partial charge on any atom is -0.455 e. The van der Waals surface area contributed by atoms with Crippen LogP contribution in [-0.2, 0) is 4.74 Å².